The number of carbonyl (C=O) groups excluding carboxylic acids is 2. The van der Waals surface area contributed by atoms with Crippen molar-refractivity contribution in [2.24, 2.45) is 0 Å². The van der Waals surface area contributed by atoms with Crippen molar-refractivity contribution >= 4 is 20.0 Å². The molecule has 2 saturated heterocycles. The average molecular weight is 226 g/mol. The predicted molar refractivity (Wildman–Crippen MR) is 60.4 cm³/mol. The molecule has 0 aliphatic carbocycles. The summed E-state index contributed by atoms with van der Waals surface area (Å²) in [7, 11) is -1.25. The van der Waals surface area contributed by atoms with Gasteiger partial charge in [-0.2, -0.15) is 0 Å². The van der Waals surface area contributed by atoms with Crippen molar-refractivity contribution < 1.29 is 9.59 Å². The van der Waals surface area contributed by atoms with Gasteiger partial charge in [-0.1, -0.05) is 37.9 Å². The Bertz CT molecular complexity index is 287. The highest BCUT2D eigenvalue weighted by atomic mass is 28.3. The number of carbonyl (C=O) groups is 2. The number of nitrogens with one attached hydrogen (secondary N) is 2. The predicted octanol–water partition coefficient (Wildman–Crippen LogP) is 1.46. The van der Waals surface area contributed by atoms with Crippen LogP contribution >= 0.6 is 0 Å². The van der Waals surface area contributed by atoms with E-state index in [4.69, 9.17) is 0 Å². The van der Waals surface area contributed by atoms with Gasteiger partial charge in [0.25, 0.3) is 0 Å². The first-order chi connectivity index (χ1) is 7.09. The Morgan fingerprint density at radius 1 is 1.27 bits per heavy atom. The van der Waals surface area contributed by atoms with Crippen molar-refractivity contribution in [2.75, 3.05) is 0 Å². The van der Waals surface area contributed by atoms with Crippen molar-refractivity contribution in [3.63, 3.8) is 0 Å². The lowest BCUT2D eigenvalue weighted by atomic mass is 10.3. The minimum atomic E-state index is -1.25. The van der Waals surface area contributed by atoms with Gasteiger partial charge in [0.2, 0.25) is 5.91 Å². The van der Waals surface area contributed by atoms with Crippen molar-refractivity contribution in [3.8, 4) is 0 Å². The summed E-state index contributed by atoms with van der Waals surface area (Å²) in [5.41, 5.74) is 0. The molecule has 3 amide bonds. The summed E-state index contributed by atoms with van der Waals surface area (Å²) in [4.78, 5) is 22.4. The van der Waals surface area contributed by atoms with Gasteiger partial charge in [0.1, 0.15) is 6.04 Å². The summed E-state index contributed by atoms with van der Waals surface area (Å²) in [5, 5.41) is 5.02. The molecular formula is C10H18N2O2Si. The molecule has 2 aliphatic rings. The number of hydrogen-bond donors (Lipinski definition) is 2. The number of rotatable bonds is 2. The molecule has 84 valence electrons. The van der Waals surface area contributed by atoms with Crippen LogP contribution in [0.5, 0.6) is 0 Å². The zero-order valence-corrected chi connectivity index (χ0v) is 10.1. The largest absolute Gasteiger partial charge is 0.326 e. The number of urea groups is 1. The molecule has 2 N–H and O–H groups in total. The molecular weight excluding hydrogens is 208 g/mol. The molecule has 0 bridgehead atoms. The van der Waals surface area contributed by atoms with E-state index in [0.29, 0.717) is 0 Å². The van der Waals surface area contributed by atoms with E-state index in [1.807, 2.05) is 0 Å². The second kappa shape index (κ2) is 3.96. The Labute approximate surface area is 90.8 Å². The fourth-order valence-corrected chi connectivity index (χ4v) is 6.84. The molecule has 0 radical (unpaired) electrons. The highest BCUT2D eigenvalue weighted by molar-refractivity contribution is 6.79. The standard InChI is InChI=1S/C10H18N2O2Si/c1-15(5-3-2-4-6-15)7-8-9(13)12-10(14)11-8/h8H,2-7H2,1H3,(H2,11,12,13,14)/t8-/m1/s1. The monoisotopic (exact) mass is 226 g/mol. The quantitative estimate of drug-likeness (QED) is 0.553. The van der Waals surface area contributed by atoms with Gasteiger partial charge in [-0.05, 0) is 6.04 Å². The van der Waals surface area contributed by atoms with E-state index in [0.717, 1.165) is 6.04 Å². The van der Waals surface area contributed by atoms with Gasteiger partial charge in [0, 0.05) is 0 Å². The van der Waals surface area contributed by atoms with Gasteiger partial charge in [-0.3, -0.25) is 10.1 Å². The Kier molecular flexibility index (Phi) is 2.82. The molecule has 5 heteroatoms. The number of hydrogen-bond acceptors (Lipinski definition) is 2. The Hall–Kier alpha value is -0.843. The van der Waals surface area contributed by atoms with Crippen LogP contribution in [0, 0.1) is 0 Å². The zero-order valence-electron chi connectivity index (χ0n) is 9.14. The van der Waals surface area contributed by atoms with Crippen LogP contribution in [-0.2, 0) is 4.79 Å². The van der Waals surface area contributed by atoms with Crippen LogP contribution in [0.3, 0.4) is 0 Å². The van der Waals surface area contributed by atoms with E-state index in [1.165, 1.54) is 31.4 Å². The molecule has 0 unspecified atom stereocenters. The summed E-state index contributed by atoms with van der Waals surface area (Å²) >= 11 is 0. The first-order valence-electron chi connectivity index (χ1n) is 5.70. The van der Waals surface area contributed by atoms with E-state index >= 15 is 0 Å². The molecule has 2 heterocycles. The molecule has 0 spiro atoms. The molecule has 4 nitrogen and oxygen atoms in total. The van der Waals surface area contributed by atoms with Gasteiger partial charge in [0.15, 0.2) is 0 Å². The van der Waals surface area contributed by atoms with Crippen LogP contribution < -0.4 is 10.6 Å². The maximum absolute atomic E-state index is 11.4. The lowest BCUT2D eigenvalue weighted by molar-refractivity contribution is -0.119. The fourth-order valence-electron chi connectivity index (χ4n) is 2.70. The van der Waals surface area contributed by atoms with Gasteiger partial charge in [0.05, 0.1) is 8.07 Å². The third kappa shape index (κ3) is 2.39. The molecule has 2 aliphatic heterocycles. The smallest absolute Gasteiger partial charge is 0.322 e. The van der Waals surface area contributed by atoms with Crippen LogP contribution in [0.1, 0.15) is 19.3 Å². The summed E-state index contributed by atoms with van der Waals surface area (Å²) < 4.78 is 0. The van der Waals surface area contributed by atoms with Crippen molar-refractivity contribution in [1.29, 1.82) is 0 Å². The van der Waals surface area contributed by atoms with Crippen LogP contribution in [0.25, 0.3) is 0 Å². The molecule has 0 aromatic carbocycles. The molecule has 2 fully saturated rings. The first-order valence-corrected chi connectivity index (χ1v) is 8.83. The average Bonchev–Trinajstić information content (AvgIpc) is 2.45. The van der Waals surface area contributed by atoms with E-state index in [2.05, 4.69) is 17.2 Å². The summed E-state index contributed by atoms with van der Waals surface area (Å²) in [5.74, 6) is -0.126. The number of amides is 3. The minimum Gasteiger partial charge on any atom is -0.326 e. The van der Waals surface area contributed by atoms with E-state index in [-0.39, 0.29) is 18.0 Å². The molecule has 0 saturated carbocycles. The maximum Gasteiger partial charge on any atom is 0.322 e. The lowest BCUT2D eigenvalue weighted by Crippen LogP contribution is -2.42. The summed E-state index contributed by atoms with van der Waals surface area (Å²) in [6.45, 7) is 2.36. The van der Waals surface area contributed by atoms with E-state index in [9.17, 15) is 9.59 Å². The van der Waals surface area contributed by atoms with Crippen molar-refractivity contribution in [2.45, 2.75) is 50.0 Å². The molecule has 1 atom stereocenters. The van der Waals surface area contributed by atoms with E-state index in [1.54, 1.807) is 0 Å². The number of imide groups is 1. The van der Waals surface area contributed by atoms with Crippen molar-refractivity contribution in [1.82, 2.24) is 10.6 Å². The topological polar surface area (TPSA) is 58.2 Å². The molecule has 0 aromatic heterocycles. The van der Waals surface area contributed by atoms with Crippen LogP contribution in [-0.4, -0.2) is 26.1 Å². The highest BCUT2D eigenvalue weighted by Gasteiger charge is 2.38. The van der Waals surface area contributed by atoms with Gasteiger partial charge in [-0.25, -0.2) is 4.79 Å². The normalized spacial score (nSPS) is 29.8. The van der Waals surface area contributed by atoms with Crippen LogP contribution in [0.2, 0.25) is 24.7 Å². The Morgan fingerprint density at radius 2 is 1.93 bits per heavy atom. The summed E-state index contributed by atoms with van der Waals surface area (Å²) in [6, 6.07) is 2.98. The summed E-state index contributed by atoms with van der Waals surface area (Å²) in [6.07, 6.45) is 3.96. The van der Waals surface area contributed by atoms with Gasteiger partial charge >= 0.3 is 6.03 Å². The van der Waals surface area contributed by atoms with Gasteiger partial charge in [-0.15, -0.1) is 0 Å². The molecule has 0 aromatic rings. The van der Waals surface area contributed by atoms with Gasteiger partial charge < -0.3 is 5.32 Å². The Balaban J connectivity index is 1.95. The second-order valence-corrected chi connectivity index (χ2v) is 10.1. The van der Waals surface area contributed by atoms with Crippen LogP contribution in [0.15, 0.2) is 0 Å². The third-order valence-electron chi connectivity index (χ3n) is 3.62. The van der Waals surface area contributed by atoms with E-state index < -0.39 is 8.07 Å². The lowest BCUT2D eigenvalue weighted by Gasteiger charge is -2.32. The zero-order chi connectivity index (χ0) is 10.9. The minimum absolute atomic E-state index is 0.126. The second-order valence-electron chi connectivity index (χ2n) is 5.09. The van der Waals surface area contributed by atoms with Crippen LogP contribution in [0.4, 0.5) is 4.79 Å². The SMILES string of the molecule is C[Si]1(C[C@H]2NC(=O)NC2=O)CCCCC1. The first kappa shape index (κ1) is 10.7. The highest BCUT2D eigenvalue weighted by Crippen LogP contribution is 2.32. The van der Waals surface area contributed by atoms with Crippen molar-refractivity contribution in [3.05, 3.63) is 0 Å². The Morgan fingerprint density at radius 3 is 2.47 bits per heavy atom. The molecule has 2 rings (SSSR count). The maximum atomic E-state index is 11.4. The molecule has 15 heavy (non-hydrogen) atoms. The third-order valence-corrected chi connectivity index (χ3v) is 8.13. The fraction of sp³-hybridized carbons (Fsp3) is 0.800.